The maximum Gasteiger partial charge on any atom is 0.183 e. The Bertz CT molecular complexity index is 472. The topological polar surface area (TPSA) is 108 Å². The number of nitrogens with zero attached hydrogens (tertiary/aromatic N) is 1. The number of carbonyl (C=O) groups is 1. The summed E-state index contributed by atoms with van der Waals surface area (Å²) >= 11 is 0. The molecule has 0 unspecified atom stereocenters. The molecule has 0 saturated heterocycles. The van der Waals surface area contributed by atoms with Crippen LogP contribution in [0.3, 0.4) is 0 Å². The van der Waals surface area contributed by atoms with E-state index in [1.54, 1.807) is 18.2 Å². The summed E-state index contributed by atoms with van der Waals surface area (Å²) in [7, 11) is 0. The molecule has 1 aromatic rings. The quantitative estimate of drug-likeness (QED) is 0.304. The first-order chi connectivity index (χ1) is 8.93. The van der Waals surface area contributed by atoms with Crippen molar-refractivity contribution in [2.45, 2.75) is 20.0 Å². The Balaban J connectivity index is 2.80. The zero-order valence-corrected chi connectivity index (χ0v) is 11.2. The molecule has 1 aromatic carbocycles. The third kappa shape index (κ3) is 4.51. The summed E-state index contributed by atoms with van der Waals surface area (Å²) in [5, 5.41) is 1.21. The number of ether oxygens (including phenoxy) is 1. The molecule has 6 N–H and O–H groups in total. The smallest absolute Gasteiger partial charge is 0.183 e. The van der Waals surface area contributed by atoms with E-state index in [0.29, 0.717) is 17.0 Å². The molecule has 0 radical (unpaired) electrons. The largest absolute Gasteiger partial charge is 0.489 e. The van der Waals surface area contributed by atoms with Crippen LogP contribution in [0, 0.1) is 0 Å². The van der Waals surface area contributed by atoms with E-state index in [1.165, 1.54) is 17.4 Å². The van der Waals surface area contributed by atoms with E-state index >= 15 is 0 Å². The summed E-state index contributed by atoms with van der Waals surface area (Å²) in [6.07, 6.45) is 2.71. The first kappa shape index (κ1) is 14.8. The number of nitrogens with two attached hydrogens (primary N) is 3. The monoisotopic (exact) mass is 264 g/mol. The zero-order valence-electron chi connectivity index (χ0n) is 11.2. The van der Waals surface area contributed by atoms with E-state index in [4.69, 9.17) is 22.0 Å². The molecule has 0 bridgehead atoms. The summed E-state index contributed by atoms with van der Waals surface area (Å²) in [6, 6.07) is 4.93. The fraction of sp³-hybridized carbons (Fsp3) is 0.308. The van der Waals surface area contributed by atoms with Crippen molar-refractivity contribution in [1.82, 2.24) is 5.01 Å². The molecule has 0 aliphatic rings. The van der Waals surface area contributed by atoms with Crippen molar-refractivity contribution in [2.24, 2.45) is 11.6 Å². The molecule has 0 atom stereocenters. The van der Waals surface area contributed by atoms with Crippen LogP contribution in [0.4, 0.5) is 5.69 Å². The molecule has 0 saturated carbocycles. The van der Waals surface area contributed by atoms with Gasteiger partial charge in [-0.2, -0.15) is 0 Å². The molecule has 0 fully saturated rings. The highest BCUT2D eigenvalue weighted by molar-refractivity contribution is 5.98. The second-order valence-corrected chi connectivity index (χ2v) is 4.36. The minimum Gasteiger partial charge on any atom is -0.489 e. The Kier molecular flexibility index (Phi) is 5.20. The lowest BCUT2D eigenvalue weighted by molar-refractivity contribution is 0.0956. The van der Waals surface area contributed by atoms with Gasteiger partial charge in [0.1, 0.15) is 5.75 Å². The van der Waals surface area contributed by atoms with Gasteiger partial charge >= 0.3 is 0 Å². The Morgan fingerprint density at radius 3 is 2.68 bits per heavy atom. The first-order valence-electron chi connectivity index (χ1n) is 5.93. The van der Waals surface area contributed by atoms with Gasteiger partial charge in [0.15, 0.2) is 5.78 Å². The Labute approximate surface area is 112 Å². The number of anilines is 1. The fourth-order valence-electron chi connectivity index (χ4n) is 1.50. The van der Waals surface area contributed by atoms with Crippen LogP contribution in [0.2, 0.25) is 0 Å². The van der Waals surface area contributed by atoms with Crippen molar-refractivity contribution in [3.05, 3.63) is 36.2 Å². The summed E-state index contributed by atoms with van der Waals surface area (Å²) in [4.78, 5) is 11.9. The standard InChI is InChI=1S/C13H20N4O2/c1-9(2)19-13-4-3-10(7-11(13)15)12(18)8-17(16)6-5-14/h3-7,9H,8,14-16H2,1-2H3/b6-5-. The summed E-state index contributed by atoms with van der Waals surface area (Å²) < 4.78 is 5.50. The normalized spacial score (nSPS) is 10.9. The van der Waals surface area contributed by atoms with Gasteiger partial charge in [-0.3, -0.25) is 4.79 Å². The highest BCUT2D eigenvalue weighted by Gasteiger charge is 2.11. The second kappa shape index (κ2) is 6.65. The summed E-state index contributed by atoms with van der Waals surface area (Å²) in [6.45, 7) is 3.84. The molecule has 104 valence electrons. The van der Waals surface area contributed by atoms with Crippen LogP contribution >= 0.6 is 0 Å². The average Bonchev–Trinajstić information content (AvgIpc) is 2.31. The van der Waals surface area contributed by atoms with Crippen LogP contribution < -0.4 is 22.0 Å². The third-order valence-electron chi connectivity index (χ3n) is 2.30. The third-order valence-corrected chi connectivity index (χ3v) is 2.30. The Morgan fingerprint density at radius 2 is 2.16 bits per heavy atom. The van der Waals surface area contributed by atoms with Crippen LogP contribution in [0.1, 0.15) is 24.2 Å². The van der Waals surface area contributed by atoms with Gasteiger partial charge in [-0.1, -0.05) is 0 Å². The number of Topliss-reactive ketones (excluding diaryl/α,β-unsaturated/α-hetero) is 1. The van der Waals surface area contributed by atoms with Gasteiger partial charge in [-0.15, -0.1) is 0 Å². The van der Waals surface area contributed by atoms with Crippen molar-refractivity contribution < 1.29 is 9.53 Å². The van der Waals surface area contributed by atoms with Gasteiger partial charge in [0.05, 0.1) is 18.3 Å². The Morgan fingerprint density at radius 1 is 1.47 bits per heavy atom. The Hall–Kier alpha value is -2.21. The molecule has 0 heterocycles. The van der Waals surface area contributed by atoms with Gasteiger partial charge in [0.2, 0.25) is 0 Å². The van der Waals surface area contributed by atoms with Gasteiger partial charge in [0.25, 0.3) is 0 Å². The SMILES string of the molecule is CC(C)Oc1ccc(C(=O)CN(N)/C=C\N)cc1N. The molecular weight excluding hydrogens is 244 g/mol. The van der Waals surface area contributed by atoms with Crippen LogP contribution in [-0.4, -0.2) is 23.4 Å². The van der Waals surface area contributed by atoms with Crippen molar-refractivity contribution in [3.63, 3.8) is 0 Å². The lowest BCUT2D eigenvalue weighted by atomic mass is 10.1. The van der Waals surface area contributed by atoms with E-state index in [2.05, 4.69) is 0 Å². The molecular formula is C13H20N4O2. The van der Waals surface area contributed by atoms with Gasteiger partial charge < -0.3 is 21.2 Å². The van der Waals surface area contributed by atoms with Crippen LogP contribution in [0.25, 0.3) is 0 Å². The van der Waals surface area contributed by atoms with E-state index in [1.807, 2.05) is 13.8 Å². The van der Waals surface area contributed by atoms with Gasteiger partial charge in [0, 0.05) is 18.0 Å². The van der Waals surface area contributed by atoms with Gasteiger partial charge in [-0.25, -0.2) is 5.84 Å². The highest BCUT2D eigenvalue weighted by Crippen LogP contribution is 2.23. The molecule has 0 aromatic heterocycles. The predicted molar refractivity (Wildman–Crippen MR) is 75.2 cm³/mol. The van der Waals surface area contributed by atoms with E-state index in [9.17, 15) is 4.79 Å². The molecule has 6 nitrogen and oxygen atoms in total. The second-order valence-electron chi connectivity index (χ2n) is 4.36. The highest BCUT2D eigenvalue weighted by atomic mass is 16.5. The minimum absolute atomic E-state index is 0.0253. The van der Waals surface area contributed by atoms with Crippen LogP contribution in [0.15, 0.2) is 30.6 Å². The van der Waals surface area contributed by atoms with Crippen molar-refractivity contribution in [1.29, 1.82) is 0 Å². The van der Waals surface area contributed by atoms with Crippen LogP contribution in [-0.2, 0) is 0 Å². The molecule has 0 aliphatic heterocycles. The van der Waals surface area contributed by atoms with Gasteiger partial charge in [-0.05, 0) is 32.0 Å². The number of hydrogen-bond acceptors (Lipinski definition) is 6. The molecule has 0 spiro atoms. The average molecular weight is 264 g/mol. The lowest BCUT2D eigenvalue weighted by Crippen LogP contribution is -2.31. The molecule has 0 amide bonds. The van der Waals surface area contributed by atoms with Crippen LogP contribution in [0.5, 0.6) is 5.75 Å². The van der Waals surface area contributed by atoms with E-state index in [0.717, 1.165) is 0 Å². The number of hydrogen-bond donors (Lipinski definition) is 3. The number of benzene rings is 1. The summed E-state index contributed by atoms with van der Waals surface area (Å²) in [5.41, 5.74) is 11.9. The molecule has 6 heteroatoms. The number of rotatable bonds is 6. The van der Waals surface area contributed by atoms with E-state index < -0.39 is 0 Å². The predicted octanol–water partition coefficient (Wildman–Crippen LogP) is 0.844. The molecule has 0 aliphatic carbocycles. The van der Waals surface area contributed by atoms with Crippen molar-refractivity contribution in [3.8, 4) is 5.75 Å². The fourth-order valence-corrected chi connectivity index (χ4v) is 1.50. The number of hydrazine groups is 1. The maximum atomic E-state index is 11.9. The van der Waals surface area contributed by atoms with Crippen molar-refractivity contribution >= 4 is 11.5 Å². The van der Waals surface area contributed by atoms with E-state index in [-0.39, 0.29) is 18.4 Å². The number of ketones is 1. The molecule has 1 rings (SSSR count). The molecule has 19 heavy (non-hydrogen) atoms. The maximum absolute atomic E-state index is 11.9. The minimum atomic E-state index is -0.150. The number of nitrogen functional groups attached to an aromatic ring is 1. The van der Waals surface area contributed by atoms with Crippen molar-refractivity contribution in [2.75, 3.05) is 12.3 Å². The summed E-state index contributed by atoms with van der Waals surface area (Å²) in [5.74, 6) is 5.96. The first-order valence-corrected chi connectivity index (χ1v) is 5.93. The lowest BCUT2D eigenvalue weighted by Gasteiger charge is -2.14. The zero-order chi connectivity index (χ0) is 14.4. The number of carbonyl (C=O) groups excluding carboxylic acids is 1.